The van der Waals surface area contributed by atoms with Gasteiger partial charge in [-0.2, -0.15) is 5.26 Å². The molecule has 4 rings (SSSR count). The summed E-state index contributed by atoms with van der Waals surface area (Å²) in [5.41, 5.74) is 3.03. The second-order valence-corrected chi connectivity index (χ2v) is 9.19. The fourth-order valence-corrected chi connectivity index (χ4v) is 4.98. The molecule has 1 heterocycles. The van der Waals surface area contributed by atoms with E-state index in [4.69, 9.17) is 11.6 Å². The number of hydrogen-bond acceptors (Lipinski definition) is 4. The Kier molecular flexibility index (Phi) is 6.83. The lowest BCUT2D eigenvalue weighted by Crippen LogP contribution is -2.30. The van der Waals surface area contributed by atoms with Gasteiger partial charge in [-0.15, -0.1) is 0 Å². The van der Waals surface area contributed by atoms with Crippen molar-refractivity contribution in [3.8, 4) is 6.07 Å². The summed E-state index contributed by atoms with van der Waals surface area (Å²) in [6.07, 6.45) is 0.450. The molecule has 1 fully saturated rings. The number of hydrogen-bond donors (Lipinski definition) is 1. The Labute approximate surface area is 201 Å². The molecule has 0 radical (unpaired) electrons. The summed E-state index contributed by atoms with van der Waals surface area (Å²) in [5.74, 6) is -0.723. The van der Waals surface area contributed by atoms with Crippen molar-refractivity contribution in [3.63, 3.8) is 0 Å². The molecule has 1 atom stereocenters. The highest BCUT2D eigenvalue weighted by Gasteiger charge is 2.40. The number of rotatable bonds is 5. The topological polar surface area (TPSA) is 73.2 Å². The number of para-hydroxylation sites is 1. The van der Waals surface area contributed by atoms with E-state index in [1.165, 1.54) is 16.7 Å². The SMILES string of the molecule is Cc1cccc(NC(=O)C(C#N)=C2SC(Cc3ccc(Cl)cc3)C(=O)N2c2ccccc2)c1. The maximum absolute atomic E-state index is 13.4. The fraction of sp³-hybridized carbons (Fsp3) is 0.115. The first-order valence-electron chi connectivity index (χ1n) is 10.3. The van der Waals surface area contributed by atoms with Crippen molar-refractivity contribution in [1.82, 2.24) is 0 Å². The summed E-state index contributed by atoms with van der Waals surface area (Å²) in [5, 5.41) is 13.2. The van der Waals surface area contributed by atoms with Crippen LogP contribution in [0.1, 0.15) is 11.1 Å². The van der Waals surface area contributed by atoms with E-state index in [0.717, 1.165) is 11.1 Å². The van der Waals surface area contributed by atoms with Crippen molar-refractivity contribution in [2.24, 2.45) is 0 Å². The Morgan fingerprint density at radius 3 is 2.48 bits per heavy atom. The van der Waals surface area contributed by atoms with E-state index in [2.05, 4.69) is 5.32 Å². The molecule has 1 aliphatic rings. The Balaban J connectivity index is 1.71. The Bertz CT molecular complexity index is 1270. The molecule has 3 aromatic carbocycles. The molecule has 1 unspecified atom stereocenters. The number of carbonyl (C=O) groups is 2. The van der Waals surface area contributed by atoms with Crippen LogP contribution < -0.4 is 10.2 Å². The average molecular weight is 474 g/mol. The highest BCUT2D eigenvalue weighted by atomic mass is 35.5. The van der Waals surface area contributed by atoms with Gasteiger partial charge in [-0.05, 0) is 60.9 Å². The third kappa shape index (κ3) is 5.11. The van der Waals surface area contributed by atoms with Gasteiger partial charge in [0.05, 0.1) is 5.25 Å². The first-order chi connectivity index (χ1) is 16.0. The van der Waals surface area contributed by atoms with Crippen molar-refractivity contribution in [1.29, 1.82) is 5.26 Å². The molecule has 0 spiro atoms. The second kappa shape index (κ2) is 9.95. The normalized spacial score (nSPS) is 16.9. The maximum atomic E-state index is 13.4. The maximum Gasteiger partial charge on any atom is 0.269 e. The van der Waals surface area contributed by atoms with Crippen LogP contribution >= 0.6 is 23.4 Å². The number of amides is 2. The van der Waals surface area contributed by atoms with Crippen LogP contribution in [0.4, 0.5) is 11.4 Å². The minimum Gasteiger partial charge on any atom is -0.321 e. The van der Waals surface area contributed by atoms with Crippen LogP contribution in [-0.2, 0) is 16.0 Å². The average Bonchev–Trinajstić information content (AvgIpc) is 3.12. The number of carbonyl (C=O) groups excluding carboxylic acids is 2. The highest BCUT2D eigenvalue weighted by molar-refractivity contribution is 8.05. The smallest absolute Gasteiger partial charge is 0.269 e. The van der Waals surface area contributed by atoms with Crippen molar-refractivity contribution in [2.45, 2.75) is 18.6 Å². The summed E-state index contributed by atoms with van der Waals surface area (Å²) in [7, 11) is 0. The lowest BCUT2D eigenvalue weighted by molar-refractivity contribution is -0.117. The molecule has 164 valence electrons. The van der Waals surface area contributed by atoms with Gasteiger partial charge in [-0.3, -0.25) is 14.5 Å². The number of aryl methyl sites for hydroxylation is 1. The van der Waals surface area contributed by atoms with E-state index in [9.17, 15) is 14.9 Å². The fourth-order valence-electron chi connectivity index (χ4n) is 3.55. The van der Waals surface area contributed by atoms with E-state index in [1.807, 2.05) is 61.5 Å². The van der Waals surface area contributed by atoms with Crippen LogP contribution in [0.15, 0.2) is 89.5 Å². The molecule has 0 saturated carbocycles. The van der Waals surface area contributed by atoms with E-state index in [-0.39, 0.29) is 11.5 Å². The van der Waals surface area contributed by atoms with Crippen molar-refractivity contribution < 1.29 is 9.59 Å². The van der Waals surface area contributed by atoms with Crippen LogP contribution in [0.2, 0.25) is 5.02 Å². The Morgan fingerprint density at radius 1 is 1.09 bits per heavy atom. The number of benzene rings is 3. The summed E-state index contributed by atoms with van der Waals surface area (Å²) in [6.45, 7) is 1.92. The van der Waals surface area contributed by atoms with Gasteiger partial charge in [0.15, 0.2) is 0 Å². The summed E-state index contributed by atoms with van der Waals surface area (Å²) < 4.78 is 0. The second-order valence-electron chi connectivity index (χ2n) is 7.56. The van der Waals surface area contributed by atoms with Gasteiger partial charge in [0.1, 0.15) is 16.7 Å². The summed E-state index contributed by atoms with van der Waals surface area (Å²) >= 11 is 7.22. The molecule has 1 saturated heterocycles. The minimum atomic E-state index is -0.550. The molecule has 3 aromatic rings. The van der Waals surface area contributed by atoms with Crippen LogP contribution in [0.25, 0.3) is 0 Å². The largest absolute Gasteiger partial charge is 0.321 e. The molecular formula is C26H20ClN3O2S. The van der Waals surface area contributed by atoms with Gasteiger partial charge in [-0.1, -0.05) is 65.8 Å². The highest BCUT2D eigenvalue weighted by Crippen LogP contribution is 2.42. The molecule has 2 amide bonds. The monoisotopic (exact) mass is 473 g/mol. The molecule has 0 aromatic heterocycles. The molecule has 33 heavy (non-hydrogen) atoms. The quantitative estimate of drug-likeness (QED) is 0.380. The predicted molar refractivity (Wildman–Crippen MR) is 133 cm³/mol. The van der Waals surface area contributed by atoms with Crippen LogP contribution in [0, 0.1) is 18.3 Å². The Morgan fingerprint density at radius 2 is 1.82 bits per heavy atom. The lowest BCUT2D eigenvalue weighted by Gasteiger charge is -2.18. The molecule has 1 N–H and O–H groups in total. The van der Waals surface area contributed by atoms with E-state index in [1.54, 1.807) is 30.3 Å². The molecule has 1 aliphatic heterocycles. The number of thioether (sulfide) groups is 1. The van der Waals surface area contributed by atoms with Gasteiger partial charge in [0, 0.05) is 16.4 Å². The van der Waals surface area contributed by atoms with E-state index >= 15 is 0 Å². The third-order valence-corrected chi connectivity index (χ3v) is 6.64. The van der Waals surface area contributed by atoms with Crippen LogP contribution in [0.5, 0.6) is 0 Å². The van der Waals surface area contributed by atoms with E-state index in [0.29, 0.717) is 27.8 Å². The van der Waals surface area contributed by atoms with Crippen molar-refractivity contribution >= 4 is 46.6 Å². The number of halogens is 1. The molecule has 0 aliphatic carbocycles. The molecular weight excluding hydrogens is 454 g/mol. The van der Waals surface area contributed by atoms with Crippen molar-refractivity contribution in [2.75, 3.05) is 10.2 Å². The first kappa shape index (κ1) is 22.7. The zero-order chi connectivity index (χ0) is 23.4. The zero-order valence-corrected chi connectivity index (χ0v) is 19.4. The molecule has 5 nitrogen and oxygen atoms in total. The predicted octanol–water partition coefficient (Wildman–Crippen LogP) is 5.71. The lowest BCUT2D eigenvalue weighted by atomic mass is 10.1. The van der Waals surface area contributed by atoms with Crippen LogP contribution in [0.3, 0.4) is 0 Å². The zero-order valence-electron chi connectivity index (χ0n) is 17.8. The van der Waals surface area contributed by atoms with Crippen LogP contribution in [-0.4, -0.2) is 17.1 Å². The Hall–Kier alpha value is -3.53. The van der Waals surface area contributed by atoms with Gasteiger partial charge in [0.25, 0.3) is 5.91 Å². The number of anilines is 2. The molecule has 7 heteroatoms. The van der Waals surface area contributed by atoms with Crippen molar-refractivity contribution in [3.05, 3.63) is 106 Å². The van der Waals surface area contributed by atoms with Gasteiger partial charge < -0.3 is 5.32 Å². The van der Waals surface area contributed by atoms with E-state index < -0.39 is 11.2 Å². The first-order valence-corrected chi connectivity index (χ1v) is 11.5. The summed E-state index contributed by atoms with van der Waals surface area (Å²) in [4.78, 5) is 28.0. The van der Waals surface area contributed by atoms with Gasteiger partial charge in [0.2, 0.25) is 5.91 Å². The number of nitriles is 1. The number of nitrogens with zero attached hydrogens (tertiary/aromatic N) is 2. The standard InChI is InChI=1S/C26H20ClN3O2S/c1-17-6-5-7-20(14-17)29-24(31)22(16-28)26-30(21-8-3-2-4-9-21)25(32)23(33-26)15-18-10-12-19(27)13-11-18/h2-14,23H,15H2,1H3,(H,29,31). The third-order valence-electron chi connectivity index (χ3n) is 5.13. The number of nitrogens with one attached hydrogen (secondary N) is 1. The summed E-state index contributed by atoms with van der Waals surface area (Å²) in [6, 6.07) is 25.7. The van der Waals surface area contributed by atoms with Gasteiger partial charge in [-0.25, -0.2) is 0 Å². The molecule has 0 bridgehead atoms. The minimum absolute atomic E-state index is 0.0997. The van der Waals surface area contributed by atoms with Gasteiger partial charge >= 0.3 is 0 Å².